The number of nitrogens with zero attached hydrogens (tertiary/aromatic N) is 3. The summed E-state index contributed by atoms with van der Waals surface area (Å²) in [6.07, 6.45) is 6.30. The van der Waals surface area contributed by atoms with Crippen molar-refractivity contribution in [1.82, 2.24) is 15.2 Å². The van der Waals surface area contributed by atoms with Gasteiger partial charge < -0.3 is 10.2 Å². The zero-order valence-corrected chi connectivity index (χ0v) is 12.5. The normalized spacial score (nSPS) is 19.8. The Morgan fingerprint density at radius 2 is 2.19 bits per heavy atom. The third-order valence-corrected chi connectivity index (χ3v) is 4.36. The average molecular weight is 286 g/mol. The summed E-state index contributed by atoms with van der Waals surface area (Å²) in [5.74, 6) is 0.879. The minimum Gasteiger partial charge on any atom is -0.311 e. The van der Waals surface area contributed by atoms with Crippen LogP contribution in [0, 0.1) is 5.92 Å². The summed E-state index contributed by atoms with van der Waals surface area (Å²) in [7, 11) is 2.18. The van der Waals surface area contributed by atoms with Crippen LogP contribution in [0.25, 0.3) is 0 Å². The molecule has 0 bridgehead atoms. The summed E-state index contributed by atoms with van der Waals surface area (Å²) in [5, 5.41) is 3.48. The molecule has 0 radical (unpaired) electrons. The molecule has 0 amide bonds. The van der Waals surface area contributed by atoms with E-state index in [1.54, 1.807) is 18.5 Å². The molecule has 3 heterocycles. The molecule has 112 valence electrons. The Hall–Kier alpha value is -1.59. The predicted molar refractivity (Wildman–Crippen MR) is 83.3 cm³/mol. The molecular formula is C16H22N4O. The fraction of sp³-hybridized carbons (Fsp3) is 0.562. The van der Waals surface area contributed by atoms with E-state index in [-0.39, 0.29) is 5.78 Å². The van der Waals surface area contributed by atoms with Gasteiger partial charge in [0.1, 0.15) is 0 Å². The number of ketones is 1. The van der Waals surface area contributed by atoms with Gasteiger partial charge in [-0.2, -0.15) is 0 Å². The van der Waals surface area contributed by atoms with Crippen molar-refractivity contribution in [1.29, 1.82) is 0 Å². The van der Waals surface area contributed by atoms with Crippen molar-refractivity contribution in [2.75, 3.05) is 26.7 Å². The number of fused-ring (bicyclic) bond motifs is 1. The van der Waals surface area contributed by atoms with E-state index < -0.39 is 0 Å². The molecule has 0 spiro atoms. The zero-order chi connectivity index (χ0) is 14.7. The van der Waals surface area contributed by atoms with Gasteiger partial charge in [-0.15, -0.1) is 0 Å². The van der Waals surface area contributed by atoms with E-state index in [2.05, 4.69) is 27.2 Å². The van der Waals surface area contributed by atoms with Crippen molar-refractivity contribution >= 4 is 17.7 Å². The van der Waals surface area contributed by atoms with Crippen molar-refractivity contribution in [2.24, 2.45) is 10.9 Å². The highest BCUT2D eigenvalue weighted by atomic mass is 16.1. The molecular weight excluding hydrogens is 264 g/mol. The Morgan fingerprint density at radius 1 is 1.38 bits per heavy atom. The summed E-state index contributed by atoms with van der Waals surface area (Å²) in [4.78, 5) is 23.0. The molecule has 1 saturated heterocycles. The molecule has 21 heavy (non-hydrogen) atoms. The second kappa shape index (κ2) is 6.45. The smallest absolute Gasteiger partial charge is 0.170 e. The Bertz CT molecular complexity index is 547. The summed E-state index contributed by atoms with van der Waals surface area (Å²) in [6, 6.07) is 1.77. The number of hydrogen-bond donors (Lipinski definition) is 1. The Labute approximate surface area is 125 Å². The summed E-state index contributed by atoms with van der Waals surface area (Å²) in [6.45, 7) is 4.06. The van der Waals surface area contributed by atoms with Gasteiger partial charge in [0.15, 0.2) is 5.78 Å². The molecule has 1 aromatic rings. The minimum absolute atomic E-state index is 0.138. The van der Waals surface area contributed by atoms with Crippen LogP contribution in [-0.4, -0.2) is 48.6 Å². The quantitative estimate of drug-likeness (QED) is 0.917. The highest BCUT2D eigenvalue weighted by Gasteiger charge is 2.19. The number of aromatic nitrogens is 1. The van der Waals surface area contributed by atoms with Gasteiger partial charge in [-0.1, -0.05) is 0 Å². The summed E-state index contributed by atoms with van der Waals surface area (Å²) in [5.41, 5.74) is 2.35. The van der Waals surface area contributed by atoms with Crippen molar-refractivity contribution in [2.45, 2.75) is 25.8 Å². The molecule has 2 aliphatic heterocycles. The third-order valence-electron chi connectivity index (χ3n) is 4.36. The standard InChI is InChI=1S/C16H22N4O/c1-20-8-4-12(5-9-20)10-17-11-14-16-13(2-6-18-14)15(21)3-7-19-16/h2,6-7,12,17H,3-5,8-11H2,1H3. The van der Waals surface area contributed by atoms with E-state index >= 15 is 0 Å². The molecule has 5 nitrogen and oxygen atoms in total. The lowest BCUT2D eigenvalue weighted by Gasteiger charge is -2.29. The number of pyridine rings is 1. The van der Waals surface area contributed by atoms with E-state index in [9.17, 15) is 4.79 Å². The molecule has 1 fully saturated rings. The SMILES string of the molecule is CN1CCC(CNCc2nccc3c2N=CCC3=O)CC1. The summed E-state index contributed by atoms with van der Waals surface area (Å²) >= 11 is 0. The van der Waals surface area contributed by atoms with E-state index in [4.69, 9.17) is 0 Å². The second-order valence-electron chi connectivity index (χ2n) is 5.97. The Balaban J connectivity index is 1.58. The largest absolute Gasteiger partial charge is 0.311 e. The number of nitrogens with one attached hydrogen (secondary N) is 1. The number of hydrogen-bond acceptors (Lipinski definition) is 5. The van der Waals surface area contributed by atoms with Crippen LogP contribution in [-0.2, 0) is 6.54 Å². The van der Waals surface area contributed by atoms with E-state index in [0.717, 1.165) is 23.8 Å². The summed E-state index contributed by atoms with van der Waals surface area (Å²) < 4.78 is 0. The predicted octanol–water partition coefficient (Wildman–Crippen LogP) is 1.80. The van der Waals surface area contributed by atoms with Crippen LogP contribution in [0.1, 0.15) is 35.3 Å². The lowest BCUT2D eigenvalue weighted by atomic mass is 9.97. The molecule has 0 aliphatic carbocycles. The molecule has 0 saturated carbocycles. The van der Waals surface area contributed by atoms with Gasteiger partial charge in [-0.3, -0.25) is 14.8 Å². The van der Waals surface area contributed by atoms with Crippen LogP contribution < -0.4 is 5.32 Å². The first-order valence-electron chi connectivity index (χ1n) is 7.67. The van der Waals surface area contributed by atoms with Crippen LogP contribution in [0.15, 0.2) is 17.3 Å². The number of Topliss-reactive ketones (excluding diaryl/α,β-unsaturated/α-hetero) is 1. The number of likely N-dealkylation sites (tertiary alicyclic amines) is 1. The minimum atomic E-state index is 0.138. The van der Waals surface area contributed by atoms with Crippen molar-refractivity contribution in [3.63, 3.8) is 0 Å². The maximum atomic E-state index is 11.8. The van der Waals surface area contributed by atoms with Crippen molar-refractivity contribution in [3.05, 3.63) is 23.5 Å². The number of piperidine rings is 1. The number of aliphatic imine (C=N–C) groups is 1. The van der Waals surface area contributed by atoms with E-state index in [1.807, 2.05) is 0 Å². The van der Waals surface area contributed by atoms with Crippen molar-refractivity contribution < 1.29 is 4.79 Å². The monoisotopic (exact) mass is 286 g/mol. The average Bonchev–Trinajstić information content (AvgIpc) is 2.50. The van der Waals surface area contributed by atoms with Gasteiger partial charge in [-0.25, -0.2) is 0 Å². The lowest BCUT2D eigenvalue weighted by molar-refractivity contribution is 0.100. The maximum Gasteiger partial charge on any atom is 0.170 e. The Kier molecular flexibility index (Phi) is 4.41. The van der Waals surface area contributed by atoms with Gasteiger partial charge in [0.2, 0.25) is 0 Å². The van der Waals surface area contributed by atoms with Crippen LogP contribution in [0.2, 0.25) is 0 Å². The molecule has 5 heteroatoms. The third kappa shape index (κ3) is 3.36. The molecule has 1 N–H and O–H groups in total. The maximum absolute atomic E-state index is 11.8. The number of carbonyl (C=O) groups is 1. The zero-order valence-electron chi connectivity index (χ0n) is 12.5. The van der Waals surface area contributed by atoms with Gasteiger partial charge in [0.05, 0.1) is 11.4 Å². The van der Waals surface area contributed by atoms with Crippen LogP contribution in [0.3, 0.4) is 0 Å². The Morgan fingerprint density at radius 3 is 3.00 bits per heavy atom. The van der Waals surface area contributed by atoms with Crippen LogP contribution in [0.5, 0.6) is 0 Å². The topological polar surface area (TPSA) is 57.6 Å². The highest BCUT2D eigenvalue weighted by molar-refractivity contribution is 6.10. The van der Waals surface area contributed by atoms with Gasteiger partial charge >= 0.3 is 0 Å². The van der Waals surface area contributed by atoms with Crippen LogP contribution >= 0.6 is 0 Å². The first-order valence-corrected chi connectivity index (χ1v) is 7.67. The fourth-order valence-electron chi connectivity index (χ4n) is 2.99. The van der Waals surface area contributed by atoms with Gasteiger partial charge in [0.25, 0.3) is 0 Å². The number of carbonyl (C=O) groups excluding carboxylic acids is 1. The lowest BCUT2D eigenvalue weighted by Crippen LogP contribution is -2.34. The molecule has 2 aliphatic rings. The van der Waals surface area contributed by atoms with Gasteiger partial charge in [-0.05, 0) is 51.5 Å². The number of rotatable bonds is 4. The molecule has 3 rings (SSSR count). The first kappa shape index (κ1) is 14.4. The molecule has 0 unspecified atom stereocenters. The van der Waals surface area contributed by atoms with Gasteiger partial charge in [0, 0.05) is 30.9 Å². The molecule has 0 aromatic carbocycles. The first-order chi connectivity index (χ1) is 10.2. The molecule has 0 atom stereocenters. The van der Waals surface area contributed by atoms with E-state index in [0.29, 0.717) is 18.5 Å². The van der Waals surface area contributed by atoms with E-state index in [1.165, 1.54) is 25.9 Å². The highest BCUT2D eigenvalue weighted by Crippen LogP contribution is 2.26. The fourth-order valence-corrected chi connectivity index (χ4v) is 2.99. The van der Waals surface area contributed by atoms with Crippen molar-refractivity contribution in [3.8, 4) is 0 Å². The van der Waals surface area contributed by atoms with Crippen LogP contribution in [0.4, 0.5) is 5.69 Å². The molecule has 1 aromatic heterocycles. The second-order valence-corrected chi connectivity index (χ2v) is 5.97.